The third-order valence-corrected chi connectivity index (χ3v) is 4.35. The summed E-state index contributed by atoms with van der Waals surface area (Å²) in [6.45, 7) is 13.3. The maximum absolute atomic E-state index is 5.81. The molecule has 27 heavy (non-hydrogen) atoms. The minimum absolute atomic E-state index is 0. The third kappa shape index (κ3) is 8.78. The summed E-state index contributed by atoms with van der Waals surface area (Å²) in [6.07, 6.45) is 4.41. The van der Waals surface area contributed by atoms with E-state index >= 15 is 0 Å². The average molecular weight is 493 g/mol. The van der Waals surface area contributed by atoms with E-state index in [1.165, 1.54) is 12.8 Å². The molecule has 0 aliphatic heterocycles. The van der Waals surface area contributed by atoms with Crippen LogP contribution in [0.15, 0.2) is 15.6 Å². The molecule has 1 aromatic rings. The zero-order chi connectivity index (χ0) is 19.0. The zero-order valence-corrected chi connectivity index (χ0v) is 19.7. The maximum atomic E-state index is 5.81. The van der Waals surface area contributed by atoms with Gasteiger partial charge in [0.25, 0.3) is 0 Å². The summed E-state index contributed by atoms with van der Waals surface area (Å²) in [7, 11) is 1.76. The summed E-state index contributed by atoms with van der Waals surface area (Å²) in [6, 6.07) is 0.731. The molecule has 0 radical (unpaired) electrons. The monoisotopic (exact) mass is 493 g/mol. The fourth-order valence-electron chi connectivity index (χ4n) is 2.66. The number of oxazole rings is 1. The van der Waals surface area contributed by atoms with E-state index in [9.17, 15) is 0 Å². The molecule has 2 N–H and O–H groups in total. The van der Waals surface area contributed by atoms with Gasteiger partial charge in [0.05, 0.1) is 12.8 Å². The van der Waals surface area contributed by atoms with Crippen molar-refractivity contribution in [2.75, 3.05) is 39.9 Å². The minimum Gasteiger partial charge on any atom is -0.443 e. The molecule has 1 aromatic heterocycles. The number of ether oxygens (including phenoxy) is 1. The van der Waals surface area contributed by atoms with Crippen LogP contribution in [-0.2, 0) is 16.7 Å². The van der Waals surface area contributed by atoms with E-state index in [2.05, 4.69) is 53.2 Å². The van der Waals surface area contributed by atoms with Crippen molar-refractivity contribution in [2.45, 2.75) is 58.5 Å². The van der Waals surface area contributed by atoms with Gasteiger partial charge in [0, 0.05) is 44.7 Å². The van der Waals surface area contributed by atoms with Gasteiger partial charge in [-0.05, 0) is 19.8 Å². The third-order valence-electron chi connectivity index (χ3n) is 4.35. The van der Waals surface area contributed by atoms with Crippen molar-refractivity contribution in [1.82, 2.24) is 20.5 Å². The number of rotatable bonds is 10. The first-order valence-electron chi connectivity index (χ1n) is 9.64. The van der Waals surface area contributed by atoms with Gasteiger partial charge in [-0.15, -0.1) is 24.0 Å². The molecule has 0 aromatic carbocycles. The highest BCUT2D eigenvalue weighted by atomic mass is 127. The minimum atomic E-state index is -0.0355. The summed E-state index contributed by atoms with van der Waals surface area (Å²) in [5.74, 6) is 2.33. The molecule has 0 saturated heterocycles. The van der Waals surface area contributed by atoms with Crippen molar-refractivity contribution in [3.63, 3.8) is 0 Å². The summed E-state index contributed by atoms with van der Waals surface area (Å²) in [5, 5.41) is 6.68. The molecule has 0 amide bonds. The van der Waals surface area contributed by atoms with Gasteiger partial charge in [-0.3, -0.25) is 4.90 Å². The predicted molar refractivity (Wildman–Crippen MR) is 120 cm³/mol. The number of hydrogen-bond donors (Lipinski definition) is 2. The molecule has 1 aliphatic rings. The standard InChI is InChI=1S/C19H35N5O2.HI/c1-6-20-18(21-9-10-24(11-12-25-5)15-7-8-15)23-14-17-22-13-16(26-17)19(2,3)4;/h13,15H,6-12,14H2,1-5H3,(H2,20,21,23);1H. The van der Waals surface area contributed by atoms with E-state index in [0.29, 0.717) is 12.4 Å². The second-order valence-corrected chi connectivity index (χ2v) is 7.75. The molecule has 2 rings (SSSR count). The van der Waals surface area contributed by atoms with Gasteiger partial charge in [-0.25, -0.2) is 9.98 Å². The summed E-state index contributed by atoms with van der Waals surface area (Å²) < 4.78 is 11.0. The van der Waals surface area contributed by atoms with Gasteiger partial charge in [0.15, 0.2) is 5.96 Å². The van der Waals surface area contributed by atoms with Crippen LogP contribution >= 0.6 is 24.0 Å². The van der Waals surface area contributed by atoms with Crippen LogP contribution in [0.4, 0.5) is 0 Å². The SMILES string of the molecule is CCNC(=NCc1ncc(C(C)(C)C)o1)NCCN(CCOC)C1CC1.I. The Kier molecular flexibility index (Phi) is 10.6. The van der Waals surface area contributed by atoms with Crippen LogP contribution < -0.4 is 10.6 Å². The Morgan fingerprint density at radius 3 is 2.63 bits per heavy atom. The van der Waals surface area contributed by atoms with Crippen molar-refractivity contribution in [3.05, 3.63) is 17.8 Å². The highest BCUT2D eigenvalue weighted by Gasteiger charge is 2.28. The van der Waals surface area contributed by atoms with Gasteiger partial charge in [-0.2, -0.15) is 0 Å². The Labute approximate surface area is 180 Å². The average Bonchev–Trinajstić information content (AvgIpc) is 3.31. The lowest BCUT2D eigenvalue weighted by molar-refractivity contribution is 0.144. The highest BCUT2D eigenvalue weighted by Crippen LogP contribution is 2.26. The number of nitrogens with one attached hydrogen (secondary N) is 2. The number of aromatic nitrogens is 1. The van der Waals surface area contributed by atoms with Crippen molar-refractivity contribution in [2.24, 2.45) is 4.99 Å². The first-order valence-corrected chi connectivity index (χ1v) is 9.64. The van der Waals surface area contributed by atoms with E-state index in [0.717, 1.165) is 50.5 Å². The second kappa shape index (κ2) is 11.9. The quantitative estimate of drug-likeness (QED) is 0.297. The normalized spacial score (nSPS) is 15.0. The molecule has 1 fully saturated rings. The lowest BCUT2D eigenvalue weighted by atomic mass is 9.94. The summed E-state index contributed by atoms with van der Waals surface area (Å²) in [5.41, 5.74) is -0.0355. The number of hydrogen-bond acceptors (Lipinski definition) is 5. The Hall–Kier alpha value is -0.870. The number of aliphatic imine (C=N–C) groups is 1. The van der Waals surface area contributed by atoms with Crippen LogP contribution in [0.3, 0.4) is 0 Å². The molecule has 0 atom stereocenters. The molecule has 7 nitrogen and oxygen atoms in total. The molecule has 1 heterocycles. The molecule has 1 saturated carbocycles. The first kappa shape index (κ1) is 24.2. The number of halogens is 1. The Morgan fingerprint density at radius 1 is 1.33 bits per heavy atom. The molecule has 0 bridgehead atoms. The molecule has 1 aliphatic carbocycles. The van der Waals surface area contributed by atoms with Gasteiger partial charge < -0.3 is 19.8 Å². The van der Waals surface area contributed by atoms with Gasteiger partial charge in [0.1, 0.15) is 12.3 Å². The van der Waals surface area contributed by atoms with Crippen LogP contribution in [0, 0.1) is 0 Å². The van der Waals surface area contributed by atoms with E-state index in [-0.39, 0.29) is 29.4 Å². The van der Waals surface area contributed by atoms with Gasteiger partial charge in [-0.1, -0.05) is 20.8 Å². The van der Waals surface area contributed by atoms with Crippen LogP contribution in [0.2, 0.25) is 0 Å². The van der Waals surface area contributed by atoms with Crippen LogP contribution in [-0.4, -0.2) is 61.8 Å². The molecule has 8 heteroatoms. The van der Waals surface area contributed by atoms with E-state index < -0.39 is 0 Å². The van der Waals surface area contributed by atoms with Crippen LogP contribution in [0.5, 0.6) is 0 Å². The summed E-state index contributed by atoms with van der Waals surface area (Å²) >= 11 is 0. The molecule has 0 spiro atoms. The number of methoxy groups -OCH3 is 1. The largest absolute Gasteiger partial charge is 0.443 e. The first-order chi connectivity index (χ1) is 12.4. The van der Waals surface area contributed by atoms with Crippen molar-refractivity contribution >= 4 is 29.9 Å². The Balaban J connectivity index is 0.00000364. The molecular formula is C19H36IN5O2. The Bertz CT molecular complexity index is 567. The fraction of sp³-hybridized carbons (Fsp3) is 0.789. The van der Waals surface area contributed by atoms with E-state index in [1.807, 2.05) is 0 Å². The fourth-order valence-corrected chi connectivity index (χ4v) is 2.66. The topological polar surface area (TPSA) is 74.9 Å². The van der Waals surface area contributed by atoms with Crippen molar-refractivity contribution in [3.8, 4) is 0 Å². The van der Waals surface area contributed by atoms with Crippen molar-refractivity contribution < 1.29 is 9.15 Å². The van der Waals surface area contributed by atoms with E-state index in [1.54, 1.807) is 13.3 Å². The van der Waals surface area contributed by atoms with Crippen LogP contribution in [0.25, 0.3) is 0 Å². The lowest BCUT2D eigenvalue weighted by Gasteiger charge is -2.22. The molecule has 0 unspecified atom stereocenters. The van der Waals surface area contributed by atoms with Crippen molar-refractivity contribution in [1.29, 1.82) is 0 Å². The number of guanidine groups is 1. The summed E-state index contributed by atoms with van der Waals surface area (Å²) in [4.78, 5) is 11.4. The Morgan fingerprint density at radius 2 is 2.07 bits per heavy atom. The second-order valence-electron chi connectivity index (χ2n) is 7.75. The van der Waals surface area contributed by atoms with Gasteiger partial charge in [0.2, 0.25) is 5.89 Å². The predicted octanol–water partition coefficient (Wildman–Crippen LogP) is 2.76. The molecular weight excluding hydrogens is 457 g/mol. The van der Waals surface area contributed by atoms with Gasteiger partial charge >= 0.3 is 0 Å². The lowest BCUT2D eigenvalue weighted by Crippen LogP contribution is -2.42. The zero-order valence-electron chi connectivity index (χ0n) is 17.4. The maximum Gasteiger partial charge on any atom is 0.216 e. The smallest absolute Gasteiger partial charge is 0.216 e. The van der Waals surface area contributed by atoms with E-state index in [4.69, 9.17) is 9.15 Å². The highest BCUT2D eigenvalue weighted by molar-refractivity contribution is 14.0. The molecule has 156 valence electrons. The number of nitrogens with zero attached hydrogens (tertiary/aromatic N) is 3. The van der Waals surface area contributed by atoms with Crippen LogP contribution in [0.1, 0.15) is 52.2 Å².